The summed E-state index contributed by atoms with van der Waals surface area (Å²) in [6, 6.07) is 4.09. The Labute approximate surface area is 108 Å². The average Bonchev–Trinajstić information content (AvgIpc) is 3.19. The molecule has 0 aromatic heterocycles. The van der Waals surface area contributed by atoms with Gasteiger partial charge in [0.1, 0.15) is 0 Å². The van der Waals surface area contributed by atoms with E-state index in [1.165, 1.54) is 0 Å². The van der Waals surface area contributed by atoms with E-state index in [2.05, 4.69) is 6.07 Å². The second-order valence-electron chi connectivity index (χ2n) is 4.80. The molecule has 2 N–H and O–H groups in total. The largest absolute Gasteiger partial charge is 0.493 e. The first-order chi connectivity index (χ1) is 8.70. The molecule has 4 heteroatoms. The van der Waals surface area contributed by atoms with Gasteiger partial charge in [0.05, 0.1) is 20.8 Å². The number of benzene rings is 1. The fraction of sp³-hybridized carbons (Fsp3) is 0.571. The van der Waals surface area contributed by atoms with E-state index in [1.54, 1.807) is 21.3 Å². The first kappa shape index (κ1) is 13.2. The zero-order valence-corrected chi connectivity index (χ0v) is 11.3. The Morgan fingerprint density at radius 1 is 1.17 bits per heavy atom. The summed E-state index contributed by atoms with van der Waals surface area (Å²) in [7, 11) is 5.01. The smallest absolute Gasteiger partial charge is 0.164 e. The van der Waals surface area contributed by atoms with Gasteiger partial charge in [0, 0.05) is 24.6 Å². The molecule has 0 aliphatic heterocycles. The second kappa shape index (κ2) is 5.16. The van der Waals surface area contributed by atoms with Crippen molar-refractivity contribution in [1.29, 1.82) is 0 Å². The topological polar surface area (TPSA) is 53.7 Å². The van der Waals surface area contributed by atoms with Gasteiger partial charge >= 0.3 is 0 Å². The zero-order chi connectivity index (χ0) is 13.2. The van der Waals surface area contributed by atoms with E-state index in [0.29, 0.717) is 13.2 Å². The van der Waals surface area contributed by atoms with Crippen molar-refractivity contribution in [3.05, 3.63) is 23.3 Å². The Hall–Kier alpha value is -1.26. The molecular formula is C14H21NO3. The van der Waals surface area contributed by atoms with E-state index in [-0.39, 0.29) is 5.41 Å². The van der Waals surface area contributed by atoms with Gasteiger partial charge in [-0.1, -0.05) is 0 Å². The molecule has 0 amide bonds. The fourth-order valence-electron chi connectivity index (χ4n) is 2.40. The van der Waals surface area contributed by atoms with E-state index in [9.17, 15) is 0 Å². The second-order valence-corrected chi connectivity index (χ2v) is 4.80. The standard InChI is InChI=1S/C14H21NO3/c1-16-8-10-6-11(14(9-15)4-5-14)13(18-3)12(7-10)17-2/h6-7H,4-5,8-9,15H2,1-3H3. The van der Waals surface area contributed by atoms with Crippen molar-refractivity contribution >= 4 is 0 Å². The maximum atomic E-state index is 5.91. The van der Waals surface area contributed by atoms with Crippen molar-refractivity contribution in [2.45, 2.75) is 24.9 Å². The number of rotatable bonds is 6. The van der Waals surface area contributed by atoms with Gasteiger partial charge < -0.3 is 19.9 Å². The molecule has 2 rings (SSSR count). The zero-order valence-electron chi connectivity index (χ0n) is 11.3. The lowest BCUT2D eigenvalue weighted by molar-refractivity contribution is 0.184. The van der Waals surface area contributed by atoms with E-state index >= 15 is 0 Å². The fourth-order valence-corrected chi connectivity index (χ4v) is 2.40. The molecule has 0 saturated heterocycles. The van der Waals surface area contributed by atoms with Crippen LogP contribution in [0.25, 0.3) is 0 Å². The minimum atomic E-state index is 0.0718. The molecule has 1 aromatic rings. The van der Waals surface area contributed by atoms with Gasteiger partial charge in [-0.3, -0.25) is 0 Å². The predicted molar refractivity (Wildman–Crippen MR) is 70.2 cm³/mol. The normalized spacial score (nSPS) is 16.4. The molecule has 0 atom stereocenters. The molecule has 0 unspecified atom stereocenters. The summed E-state index contributed by atoms with van der Waals surface area (Å²) in [5.41, 5.74) is 8.22. The third-order valence-electron chi connectivity index (χ3n) is 3.67. The summed E-state index contributed by atoms with van der Waals surface area (Å²) in [6.45, 7) is 1.21. The molecule has 1 aliphatic carbocycles. The number of hydrogen-bond acceptors (Lipinski definition) is 4. The summed E-state index contributed by atoms with van der Waals surface area (Å²) < 4.78 is 16.1. The molecule has 100 valence electrons. The van der Waals surface area contributed by atoms with Gasteiger partial charge in [-0.05, 0) is 30.5 Å². The van der Waals surface area contributed by atoms with Crippen LogP contribution in [0.2, 0.25) is 0 Å². The average molecular weight is 251 g/mol. The number of ether oxygens (including phenoxy) is 3. The van der Waals surface area contributed by atoms with Crippen LogP contribution in [0.3, 0.4) is 0 Å². The lowest BCUT2D eigenvalue weighted by Crippen LogP contribution is -2.21. The van der Waals surface area contributed by atoms with Crippen LogP contribution >= 0.6 is 0 Å². The van der Waals surface area contributed by atoms with E-state index < -0.39 is 0 Å². The van der Waals surface area contributed by atoms with Crippen LogP contribution in [-0.4, -0.2) is 27.9 Å². The lowest BCUT2D eigenvalue weighted by Gasteiger charge is -2.20. The van der Waals surface area contributed by atoms with E-state index in [4.69, 9.17) is 19.9 Å². The summed E-state index contributed by atoms with van der Waals surface area (Å²) >= 11 is 0. The molecule has 1 aromatic carbocycles. The third kappa shape index (κ3) is 2.18. The minimum Gasteiger partial charge on any atom is -0.493 e. The maximum Gasteiger partial charge on any atom is 0.164 e. The quantitative estimate of drug-likeness (QED) is 0.838. The molecule has 0 spiro atoms. The number of nitrogens with two attached hydrogens (primary N) is 1. The van der Waals surface area contributed by atoms with Gasteiger partial charge in [0.15, 0.2) is 11.5 Å². The molecule has 0 bridgehead atoms. The molecule has 1 saturated carbocycles. The third-order valence-corrected chi connectivity index (χ3v) is 3.67. The van der Waals surface area contributed by atoms with Gasteiger partial charge in [0.2, 0.25) is 0 Å². The summed E-state index contributed by atoms with van der Waals surface area (Å²) in [5.74, 6) is 1.56. The van der Waals surface area contributed by atoms with Crippen molar-refractivity contribution in [3.8, 4) is 11.5 Å². The molecule has 0 heterocycles. The predicted octanol–water partition coefficient (Wildman–Crippen LogP) is 1.84. The van der Waals surface area contributed by atoms with Gasteiger partial charge in [-0.15, -0.1) is 0 Å². The SMILES string of the molecule is COCc1cc(OC)c(OC)c(C2(CN)CC2)c1. The highest BCUT2D eigenvalue weighted by molar-refractivity contribution is 5.54. The van der Waals surface area contributed by atoms with Crippen LogP contribution < -0.4 is 15.2 Å². The highest BCUT2D eigenvalue weighted by Gasteiger charge is 2.45. The molecule has 18 heavy (non-hydrogen) atoms. The Morgan fingerprint density at radius 3 is 2.33 bits per heavy atom. The number of hydrogen-bond donors (Lipinski definition) is 1. The van der Waals surface area contributed by atoms with E-state index in [1.807, 2.05) is 6.07 Å². The molecule has 4 nitrogen and oxygen atoms in total. The van der Waals surface area contributed by atoms with Crippen molar-refractivity contribution < 1.29 is 14.2 Å². The van der Waals surface area contributed by atoms with Crippen LogP contribution in [0, 0.1) is 0 Å². The van der Waals surface area contributed by atoms with E-state index in [0.717, 1.165) is 35.5 Å². The van der Waals surface area contributed by atoms with Crippen molar-refractivity contribution in [3.63, 3.8) is 0 Å². The van der Waals surface area contributed by atoms with Crippen molar-refractivity contribution in [2.24, 2.45) is 5.73 Å². The van der Waals surface area contributed by atoms with Crippen LogP contribution in [-0.2, 0) is 16.8 Å². The first-order valence-corrected chi connectivity index (χ1v) is 6.15. The van der Waals surface area contributed by atoms with Crippen molar-refractivity contribution in [1.82, 2.24) is 0 Å². The Kier molecular flexibility index (Phi) is 3.78. The highest BCUT2D eigenvalue weighted by Crippen LogP contribution is 2.52. The maximum absolute atomic E-state index is 5.91. The minimum absolute atomic E-state index is 0.0718. The Balaban J connectivity index is 2.50. The first-order valence-electron chi connectivity index (χ1n) is 6.15. The summed E-state index contributed by atoms with van der Waals surface area (Å²) in [6.07, 6.45) is 2.22. The molecule has 0 radical (unpaired) electrons. The summed E-state index contributed by atoms with van der Waals surface area (Å²) in [4.78, 5) is 0. The summed E-state index contributed by atoms with van der Waals surface area (Å²) in [5, 5.41) is 0. The van der Waals surface area contributed by atoms with Crippen LogP contribution in [0.15, 0.2) is 12.1 Å². The number of methoxy groups -OCH3 is 3. The van der Waals surface area contributed by atoms with Gasteiger partial charge in [-0.2, -0.15) is 0 Å². The molecule has 1 fully saturated rings. The van der Waals surface area contributed by atoms with Crippen LogP contribution in [0.4, 0.5) is 0 Å². The van der Waals surface area contributed by atoms with Crippen LogP contribution in [0.1, 0.15) is 24.0 Å². The lowest BCUT2D eigenvalue weighted by atomic mass is 9.93. The van der Waals surface area contributed by atoms with Crippen LogP contribution in [0.5, 0.6) is 11.5 Å². The Morgan fingerprint density at radius 2 is 1.89 bits per heavy atom. The Bertz CT molecular complexity index is 427. The molecular weight excluding hydrogens is 230 g/mol. The van der Waals surface area contributed by atoms with Crippen molar-refractivity contribution in [2.75, 3.05) is 27.9 Å². The van der Waals surface area contributed by atoms with Gasteiger partial charge in [0.25, 0.3) is 0 Å². The monoisotopic (exact) mass is 251 g/mol. The molecule has 1 aliphatic rings. The van der Waals surface area contributed by atoms with Gasteiger partial charge in [-0.25, -0.2) is 0 Å². The highest BCUT2D eigenvalue weighted by atomic mass is 16.5.